The second kappa shape index (κ2) is 4.78. The van der Waals surface area contributed by atoms with Gasteiger partial charge in [-0.2, -0.15) is 0 Å². The van der Waals surface area contributed by atoms with E-state index < -0.39 is 5.60 Å². The second-order valence-electron chi connectivity index (χ2n) is 4.18. The zero-order valence-corrected chi connectivity index (χ0v) is 9.60. The number of methoxy groups -OCH3 is 1. The van der Waals surface area contributed by atoms with Crippen molar-refractivity contribution in [3.05, 3.63) is 0 Å². The van der Waals surface area contributed by atoms with Crippen LogP contribution in [0.2, 0.25) is 0 Å². The minimum Gasteiger partial charge on any atom is -0.371 e. The Bertz CT molecular complexity index is 193. The third-order valence-corrected chi connectivity index (χ3v) is 3.30. The first-order valence-electron chi connectivity index (χ1n) is 5.53. The second-order valence-corrected chi connectivity index (χ2v) is 4.18. The van der Waals surface area contributed by atoms with Crippen molar-refractivity contribution in [2.45, 2.75) is 45.1 Å². The van der Waals surface area contributed by atoms with Crippen molar-refractivity contribution in [1.29, 1.82) is 5.41 Å². The Balaban J connectivity index is 2.61. The van der Waals surface area contributed by atoms with Crippen molar-refractivity contribution < 1.29 is 4.74 Å². The van der Waals surface area contributed by atoms with Crippen LogP contribution in [0, 0.1) is 5.41 Å². The maximum Gasteiger partial charge on any atom is 0.128 e. The summed E-state index contributed by atoms with van der Waals surface area (Å²) in [5.41, 5.74) is -0.392. The predicted molar refractivity (Wildman–Crippen MR) is 58.9 cm³/mol. The fourth-order valence-electron chi connectivity index (χ4n) is 1.86. The lowest BCUT2D eigenvalue weighted by molar-refractivity contribution is 0.0491. The molecule has 1 atom stereocenters. The minimum atomic E-state index is -0.392. The molecule has 3 heteroatoms. The first-order chi connectivity index (χ1) is 6.64. The molecule has 0 aromatic heterocycles. The van der Waals surface area contributed by atoms with Gasteiger partial charge in [-0.3, -0.25) is 5.41 Å². The van der Waals surface area contributed by atoms with Gasteiger partial charge in [0, 0.05) is 20.2 Å². The van der Waals surface area contributed by atoms with Crippen LogP contribution < -0.4 is 0 Å². The zero-order valence-electron chi connectivity index (χ0n) is 9.60. The van der Waals surface area contributed by atoms with Crippen molar-refractivity contribution in [2.75, 3.05) is 20.2 Å². The van der Waals surface area contributed by atoms with Gasteiger partial charge in [-0.25, -0.2) is 0 Å². The van der Waals surface area contributed by atoms with Crippen LogP contribution in [0.5, 0.6) is 0 Å². The molecule has 0 aromatic rings. The average Bonchev–Trinajstić information content (AvgIpc) is 2.28. The maximum atomic E-state index is 8.14. The van der Waals surface area contributed by atoms with Gasteiger partial charge >= 0.3 is 0 Å². The van der Waals surface area contributed by atoms with Crippen LogP contribution in [-0.2, 0) is 4.74 Å². The third-order valence-electron chi connectivity index (χ3n) is 3.30. The summed E-state index contributed by atoms with van der Waals surface area (Å²) < 4.78 is 5.44. The fourth-order valence-corrected chi connectivity index (χ4v) is 1.86. The summed E-state index contributed by atoms with van der Waals surface area (Å²) in [6.07, 6.45) is 4.59. The lowest BCUT2D eigenvalue weighted by Gasteiger charge is -2.37. The van der Waals surface area contributed by atoms with Gasteiger partial charge < -0.3 is 9.64 Å². The first-order valence-corrected chi connectivity index (χ1v) is 5.53. The Morgan fingerprint density at radius 2 is 1.93 bits per heavy atom. The molecule has 1 rings (SSSR count). The van der Waals surface area contributed by atoms with Crippen LogP contribution in [-0.4, -0.2) is 36.5 Å². The smallest absolute Gasteiger partial charge is 0.128 e. The van der Waals surface area contributed by atoms with E-state index in [4.69, 9.17) is 10.1 Å². The highest BCUT2D eigenvalue weighted by Gasteiger charge is 2.31. The van der Waals surface area contributed by atoms with Crippen LogP contribution in [0.4, 0.5) is 0 Å². The molecule has 1 aliphatic rings. The summed E-state index contributed by atoms with van der Waals surface area (Å²) in [6, 6.07) is 0. The Morgan fingerprint density at radius 1 is 1.36 bits per heavy atom. The molecule has 1 N–H and O–H groups in total. The van der Waals surface area contributed by atoms with E-state index in [-0.39, 0.29) is 0 Å². The lowest BCUT2D eigenvalue weighted by Crippen LogP contribution is -2.49. The quantitative estimate of drug-likeness (QED) is 0.558. The van der Waals surface area contributed by atoms with Gasteiger partial charge in [0.25, 0.3) is 0 Å². The molecular formula is C11H22N2O. The lowest BCUT2D eigenvalue weighted by atomic mass is 9.99. The molecule has 0 radical (unpaired) electrons. The topological polar surface area (TPSA) is 36.3 Å². The molecule has 0 amide bonds. The Labute approximate surface area is 86.9 Å². The molecule has 3 nitrogen and oxygen atoms in total. The summed E-state index contributed by atoms with van der Waals surface area (Å²) in [5, 5.41) is 8.14. The van der Waals surface area contributed by atoms with Gasteiger partial charge in [-0.15, -0.1) is 0 Å². The average molecular weight is 198 g/mol. The summed E-state index contributed by atoms with van der Waals surface area (Å²) in [6.45, 7) is 6.13. The number of hydrogen-bond acceptors (Lipinski definition) is 2. The zero-order chi connectivity index (χ0) is 10.6. The largest absolute Gasteiger partial charge is 0.371 e. The van der Waals surface area contributed by atoms with Crippen LogP contribution in [0.25, 0.3) is 0 Å². The van der Waals surface area contributed by atoms with Crippen molar-refractivity contribution in [3.63, 3.8) is 0 Å². The number of likely N-dealkylation sites (tertiary alicyclic amines) is 1. The van der Waals surface area contributed by atoms with E-state index in [2.05, 4.69) is 11.8 Å². The van der Waals surface area contributed by atoms with E-state index in [1.807, 2.05) is 6.92 Å². The summed E-state index contributed by atoms with van der Waals surface area (Å²) in [5.74, 6) is 0.655. The van der Waals surface area contributed by atoms with Gasteiger partial charge in [-0.05, 0) is 32.6 Å². The molecule has 0 saturated carbocycles. The maximum absolute atomic E-state index is 8.14. The summed E-state index contributed by atoms with van der Waals surface area (Å²) in [7, 11) is 1.70. The number of amidine groups is 1. The molecule has 1 aliphatic heterocycles. The first kappa shape index (κ1) is 11.5. The molecule has 0 aliphatic carbocycles. The Kier molecular flexibility index (Phi) is 3.93. The van der Waals surface area contributed by atoms with Gasteiger partial charge in [0.2, 0.25) is 0 Å². The molecule has 1 saturated heterocycles. The van der Waals surface area contributed by atoms with E-state index >= 15 is 0 Å². The van der Waals surface area contributed by atoms with Gasteiger partial charge in [0.05, 0.1) is 0 Å². The van der Waals surface area contributed by atoms with E-state index in [9.17, 15) is 0 Å². The molecule has 1 unspecified atom stereocenters. The molecule has 1 heterocycles. The van der Waals surface area contributed by atoms with Crippen molar-refractivity contribution in [1.82, 2.24) is 4.90 Å². The molecule has 0 bridgehead atoms. The monoisotopic (exact) mass is 198 g/mol. The highest BCUT2D eigenvalue weighted by atomic mass is 16.5. The third kappa shape index (κ3) is 2.27. The summed E-state index contributed by atoms with van der Waals surface area (Å²) >= 11 is 0. The molecule has 0 aromatic carbocycles. The summed E-state index contributed by atoms with van der Waals surface area (Å²) in [4.78, 5) is 2.16. The van der Waals surface area contributed by atoms with Gasteiger partial charge in [0.15, 0.2) is 0 Å². The fraction of sp³-hybridized carbons (Fsp3) is 0.909. The highest BCUT2D eigenvalue weighted by Crippen LogP contribution is 2.20. The van der Waals surface area contributed by atoms with Crippen LogP contribution in [0.15, 0.2) is 0 Å². The molecular weight excluding hydrogens is 176 g/mol. The van der Waals surface area contributed by atoms with E-state index in [1.165, 1.54) is 19.3 Å². The van der Waals surface area contributed by atoms with E-state index in [1.54, 1.807) is 7.11 Å². The number of nitrogens with one attached hydrogen (secondary N) is 1. The Morgan fingerprint density at radius 3 is 2.36 bits per heavy atom. The number of hydrogen-bond donors (Lipinski definition) is 1. The SMILES string of the molecule is CCC(C)(OC)C(=N)N1CCCCC1. The van der Waals surface area contributed by atoms with Crippen LogP contribution in [0.1, 0.15) is 39.5 Å². The molecule has 0 spiro atoms. The van der Waals surface area contributed by atoms with Crippen molar-refractivity contribution in [3.8, 4) is 0 Å². The van der Waals surface area contributed by atoms with E-state index in [0.717, 1.165) is 19.5 Å². The van der Waals surface area contributed by atoms with Gasteiger partial charge in [-0.1, -0.05) is 6.92 Å². The van der Waals surface area contributed by atoms with Gasteiger partial charge in [0.1, 0.15) is 11.4 Å². The Hall–Kier alpha value is -0.570. The number of piperidine rings is 1. The highest BCUT2D eigenvalue weighted by molar-refractivity contribution is 5.87. The molecule has 82 valence electrons. The van der Waals surface area contributed by atoms with Crippen molar-refractivity contribution in [2.24, 2.45) is 0 Å². The molecule has 14 heavy (non-hydrogen) atoms. The van der Waals surface area contributed by atoms with E-state index in [0.29, 0.717) is 5.84 Å². The normalized spacial score (nSPS) is 21.8. The number of rotatable bonds is 3. The minimum absolute atomic E-state index is 0.392. The predicted octanol–water partition coefficient (Wildman–Crippen LogP) is 2.26. The number of nitrogens with zero attached hydrogens (tertiary/aromatic N) is 1. The number of ether oxygens (including phenoxy) is 1. The molecule has 1 fully saturated rings. The van der Waals surface area contributed by atoms with Crippen molar-refractivity contribution >= 4 is 5.84 Å². The van der Waals surface area contributed by atoms with Crippen LogP contribution in [0.3, 0.4) is 0 Å². The standard InChI is InChI=1S/C11H22N2O/c1-4-11(2,14-3)10(12)13-8-6-5-7-9-13/h12H,4-9H2,1-3H3. The van der Waals surface area contributed by atoms with Crippen LogP contribution >= 0.6 is 0 Å².